The van der Waals surface area contributed by atoms with E-state index in [9.17, 15) is 0 Å². The van der Waals surface area contributed by atoms with E-state index < -0.39 is 8.32 Å². The fraction of sp³-hybridized carbons (Fsp3) is 0.500. The van der Waals surface area contributed by atoms with Crippen LogP contribution < -0.4 is 0 Å². The smallest absolute Gasteiger partial charge is 0.244 e. The molecule has 0 spiro atoms. The van der Waals surface area contributed by atoms with Crippen molar-refractivity contribution in [1.82, 2.24) is 0 Å². The summed E-state index contributed by atoms with van der Waals surface area (Å²) in [5.74, 6) is 0.494. The monoisotopic (exact) mass is 197 g/mol. The molecule has 0 aromatic rings. The summed E-state index contributed by atoms with van der Waals surface area (Å²) in [5.41, 5.74) is 0.986. The third kappa shape index (κ3) is 7.53. The van der Waals surface area contributed by atoms with Crippen LogP contribution >= 0.6 is 0 Å². The third-order valence-corrected chi connectivity index (χ3v) is 2.12. The summed E-state index contributed by atoms with van der Waals surface area (Å²) >= 11 is 0. The summed E-state index contributed by atoms with van der Waals surface area (Å²) in [5, 5.41) is 0. The van der Waals surface area contributed by atoms with Gasteiger partial charge in [0.1, 0.15) is 0 Å². The number of rotatable bonds is 5. The summed E-state index contributed by atoms with van der Waals surface area (Å²) in [4.78, 5) is 4.07. The van der Waals surface area contributed by atoms with Gasteiger partial charge in [0.2, 0.25) is 8.32 Å². The van der Waals surface area contributed by atoms with Crippen molar-refractivity contribution in [2.24, 2.45) is 4.99 Å². The molecule has 0 aliphatic rings. The molecule has 0 aliphatic carbocycles. The Morgan fingerprint density at radius 3 is 2.31 bits per heavy atom. The molecule has 0 rings (SSSR count). The average molecular weight is 197 g/mol. The number of hydrogen-bond acceptors (Lipinski definition) is 2. The highest BCUT2D eigenvalue weighted by atomic mass is 28.4. The zero-order chi connectivity index (χ0) is 10.5. The van der Waals surface area contributed by atoms with Crippen LogP contribution in [0.4, 0.5) is 0 Å². The third-order valence-electron chi connectivity index (χ3n) is 1.27. The van der Waals surface area contributed by atoms with Crippen molar-refractivity contribution in [3.63, 3.8) is 0 Å². The highest BCUT2D eigenvalue weighted by molar-refractivity contribution is 6.70. The summed E-state index contributed by atoms with van der Waals surface area (Å²) in [7, 11) is -1.55. The maximum absolute atomic E-state index is 5.54. The van der Waals surface area contributed by atoms with E-state index in [-0.39, 0.29) is 0 Å². The number of aliphatic imine (C=N–C) groups is 1. The van der Waals surface area contributed by atoms with Gasteiger partial charge < -0.3 is 4.43 Å². The van der Waals surface area contributed by atoms with Crippen LogP contribution in [0, 0.1) is 0 Å². The topological polar surface area (TPSA) is 21.6 Å². The molecule has 2 nitrogen and oxygen atoms in total. The summed E-state index contributed by atoms with van der Waals surface area (Å²) in [6.07, 6.45) is 2.62. The molecule has 0 saturated heterocycles. The van der Waals surface area contributed by atoms with Crippen LogP contribution in [0.5, 0.6) is 0 Å². The standard InChI is InChI=1S/C10H19NOSi/c1-7-9(2)8-11-10(3)12-13(4,5)6/h8H,2-3,7H2,1,4-6H3. The molecule has 0 saturated carbocycles. The van der Waals surface area contributed by atoms with Crippen molar-refractivity contribution in [3.8, 4) is 0 Å². The molecule has 0 aromatic heterocycles. The minimum absolute atomic E-state index is 0.494. The second kappa shape index (κ2) is 5.02. The van der Waals surface area contributed by atoms with E-state index in [0.717, 1.165) is 12.0 Å². The minimum Gasteiger partial charge on any atom is -0.532 e. The lowest BCUT2D eigenvalue weighted by atomic mass is 10.3. The first kappa shape index (κ1) is 12.2. The Hall–Kier alpha value is -0.833. The predicted molar refractivity (Wildman–Crippen MR) is 61.5 cm³/mol. The van der Waals surface area contributed by atoms with Gasteiger partial charge in [0.15, 0.2) is 5.88 Å². The van der Waals surface area contributed by atoms with Crippen LogP contribution in [0.15, 0.2) is 29.6 Å². The Bertz CT molecular complexity index is 226. The van der Waals surface area contributed by atoms with E-state index >= 15 is 0 Å². The second-order valence-electron chi connectivity index (χ2n) is 3.88. The number of allylic oxidation sites excluding steroid dienone is 1. The van der Waals surface area contributed by atoms with Crippen molar-refractivity contribution >= 4 is 14.5 Å². The van der Waals surface area contributed by atoms with Gasteiger partial charge >= 0.3 is 0 Å². The molecule has 0 unspecified atom stereocenters. The molecule has 0 heterocycles. The maximum atomic E-state index is 5.54. The maximum Gasteiger partial charge on any atom is 0.244 e. The van der Waals surface area contributed by atoms with Crippen molar-refractivity contribution in [3.05, 3.63) is 24.6 Å². The van der Waals surface area contributed by atoms with E-state index in [0.29, 0.717) is 5.88 Å². The van der Waals surface area contributed by atoms with Crippen LogP contribution in [-0.2, 0) is 4.43 Å². The Balaban J connectivity index is 4.02. The van der Waals surface area contributed by atoms with Crippen LogP contribution in [0.2, 0.25) is 19.6 Å². The molecule has 13 heavy (non-hydrogen) atoms. The molecule has 0 aliphatic heterocycles. The average Bonchev–Trinajstić information content (AvgIpc) is 1.97. The predicted octanol–water partition coefficient (Wildman–Crippen LogP) is 3.35. The molecular weight excluding hydrogens is 178 g/mol. The SMILES string of the molecule is C=C(C=NC(=C)O[Si](C)(C)C)CC. The summed E-state index contributed by atoms with van der Waals surface area (Å²) in [6, 6.07) is 0. The van der Waals surface area contributed by atoms with Crippen molar-refractivity contribution in [1.29, 1.82) is 0 Å². The Morgan fingerprint density at radius 2 is 1.92 bits per heavy atom. The molecule has 74 valence electrons. The van der Waals surface area contributed by atoms with Gasteiger partial charge in [-0.2, -0.15) is 0 Å². The first-order valence-electron chi connectivity index (χ1n) is 4.45. The van der Waals surface area contributed by atoms with Gasteiger partial charge in [-0.15, -0.1) is 0 Å². The number of hydrogen-bond donors (Lipinski definition) is 0. The molecule has 0 radical (unpaired) electrons. The first-order chi connectivity index (χ1) is 5.85. The molecule has 0 atom stereocenters. The minimum atomic E-state index is -1.55. The van der Waals surface area contributed by atoms with Crippen molar-refractivity contribution in [2.75, 3.05) is 0 Å². The molecular formula is C10H19NOSi. The molecule has 0 fully saturated rings. The van der Waals surface area contributed by atoms with E-state index in [2.05, 4.69) is 37.8 Å². The van der Waals surface area contributed by atoms with Gasteiger partial charge in [-0.05, 0) is 38.2 Å². The highest BCUT2D eigenvalue weighted by Crippen LogP contribution is 2.09. The van der Waals surface area contributed by atoms with Gasteiger partial charge in [0.25, 0.3) is 0 Å². The van der Waals surface area contributed by atoms with E-state index in [1.54, 1.807) is 6.21 Å². The summed E-state index contributed by atoms with van der Waals surface area (Å²) < 4.78 is 5.54. The summed E-state index contributed by atoms with van der Waals surface area (Å²) in [6.45, 7) is 15.9. The van der Waals surface area contributed by atoms with Crippen LogP contribution in [0.3, 0.4) is 0 Å². The van der Waals surface area contributed by atoms with Crippen LogP contribution in [0.1, 0.15) is 13.3 Å². The van der Waals surface area contributed by atoms with Crippen molar-refractivity contribution in [2.45, 2.75) is 33.0 Å². The Labute approximate surface area is 82.2 Å². The molecule has 0 N–H and O–H groups in total. The van der Waals surface area contributed by atoms with E-state index in [1.807, 2.05) is 6.92 Å². The molecule has 0 amide bonds. The van der Waals surface area contributed by atoms with Gasteiger partial charge in [-0.25, -0.2) is 4.99 Å². The lowest BCUT2D eigenvalue weighted by Crippen LogP contribution is -2.24. The molecule has 0 aromatic carbocycles. The van der Waals surface area contributed by atoms with Crippen LogP contribution in [-0.4, -0.2) is 14.5 Å². The van der Waals surface area contributed by atoms with Gasteiger partial charge in [-0.1, -0.05) is 13.5 Å². The fourth-order valence-corrected chi connectivity index (χ4v) is 1.39. The quantitative estimate of drug-likeness (QED) is 0.376. The first-order valence-corrected chi connectivity index (χ1v) is 7.85. The molecule has 0 bridgehead atoms. The lowest BCUT2D eigenvalue weighted by molar-refractivity contribution is 0.421. The Morgan fingerprint density at radius 1 is 1.38 bits per heavy atom. The second-order valence-corrected chi connectivity index (χ2v) is 8.31. The number of nitrogens with zero attached hydrogens (tertiary/aromatic N) is 1. The highest BCUT2D eigenvalue weighted by Gasteiger charge is 2.15. The zero-order valence-electron chi connectivity index (χ0n) is 9.05. The normalized spacial score (nSPS) is 11.7. The van der Waals surface area contributed by atoms with Gasteiger partial charge in [0.05, 0.1) is 0 Å². The zero-order valence-corrected chi connectivity index (χ0v) is 10.1. The van der Waals surface area contributed by atoms with E-state index in [4.69, 9.17) is 4.43 Å². The lowest BCUT2D eigenvalue weighted by Gasteiger charge is -2.17. The van der Waals surface area contributed by atoms with Gasteiger partial charge in [-0.3, -0.25) is 0 Å². The van der Waals surface area contributed by atoms with Crippen molar-refractivity contribution < 1.29 is 4.43 Å². The van der Waals surface area contributed by atoms with Gasteiger partial charge in [0, 0.05) is 6.21 Å². The van der Waals surface area contributed by atoms with E-state index in [1.165, 1.54) is 0 Å². The fourth-order valence-electron chi connectivity index (χ4n) is 0.634. The molecule has 3 heteroatoms. The Kier molecular flexibility index (Phi) is 4.70. The largest absolute Gasteiger partial charge is 0.532 e. The van der Waals surface area contributed by atoms with Crippen LogP contribution in [0.25, 0.3) is 0 Å².